The number of halogens is 6. The summed E-state index contributed by atoms with van der Waals surface area (Å²) >= 11 is 13.0. The molecule has 0 radical (unpaired) electrons. The fraction of sp³-hybridized carbons (Fsp3) is 0.158. The van der Waals surface area contributed by atoms with Gasteiger partial charge >= 0.3 is 11.9 Å². The normalized spacial score (nSPS) is 11.6. The molecule has 31 heavy (non-hydrogen) atoms. The number of thioether (sulfide) groups is 1. The van der Waals surface area contributed by atoms with E-state index in [0.29, 0.717) is 5.02 Å². The van der Waals surface area contributed by atoms with Gasteiger partial charge in [0.05, 0.1) is 10.7 Å². The minimum Gasteiger partial charge on any atom is -0.481 e. The highest BCUT2D eigenvalue weighted by molar-refractivity contribution is 7.99. The number of aromatic nitrogens is 2. The van der Waals surface area contributed by atoms with E-state index in [9.17, 15) is 27.2 Å². The fourth-order valence-electron chi connectivity index (χ4n) is 2.61. The fourth-order valence-corrected chi connectivity index (χ4v) is 3.59. The van der Waals surface area contributed by atoms with Gasteiger partial charge in [0.25, 0.3) is 5.56 Å². The first-order valence-corrected chi connectivity index (χ1v) is 10.1. The number of ether oxygens (including phenoxy) is 1. The average molecular weight is 495 g/mol. The Morgan fingerprint density at radius 3 is 2.32 bits per heavy atom. The first-order chi connectivity index (χ1) is 14.5. The lowest BCUT2D eigenvalue weighted by molar-refractivity contribution is -0.144. The molecule has 0 fully saturated rings. The summed E-state index contributed by atoms with van der Waals surface area (Å²) < 4.78 is 59.5. The molecule has 1 aromatic heterocycles. The first-order valence-electron chi connectivity index (χ1n) is 8.40. The molecule has 0 saturated carbocycles. The zero-order valence-corrected chi connectivity index (χ0v) is 17.9. The Morgan fingerprint density at radius 2 is 1.71 bits per heavy atom. The zero-order valence-electron chi connectivity index (χ0n) is 15.5. The smallest absolute Gasteiger partial charge is 0.431 e. The van der Waals surface area contributed by atoms with Crippen LogP contribution >= 0.6 is 35.0 Å². The van der Waals surface area contributed by atoms with Gasteiger partial charge in [0.1, 0.15) is 23.2 Å². The Hall–Kier alpha value is -2.43. The summed E-state index contributed by atoms with van der Waals surface area (Å²) in [5.41, 5.74) is -4.76. The van der Waals surface area contributed by atoms with E-state index in [-0.39, 0.29) is 31.9 Å². The molecular formula is C19H12Cl2F4N2O3S. The third kappa shape index (κ3) is 5.08. The van der Waals surface area contributed by atoms with Crippen molar-refractivity contribution in [3.63, 3.8) is 0 Å². The molecule has 3 aromatic rings. The van der Waals surface area contributed by atoms with Crippen molar-refractivity contribution < 1.29 is 22.3 Å². The van der Waals surface area contributed by atoms with Gasteiger partial charge in [-0.2, -0.15) is 13.2 Å². The molecule has 2 aromatic carbocycles. The number of benzene rings is 2. The van der Waals surface area contributed by atoms with Gasteiger partial charge in [0.2, 0.25) is 0 Å². The van der Waals surface area contributed by atoms with Gasteiger partial charge in [-0.15, -0.1) is 0 Å². The van der Waals surface area contributed by atoms with E-state index in [2.05, 4.69) is 0 Å². The standard InChI is InChI=1S/C19H12Cl2F4N2O3S/c1-26-16(19(23,24)25)8-17(28)27(18(26)29)14-7-15(12(21)6-13(14)22)30-9-31-11-4-2-10(20)3-5-11/h2-8H,9H2,1H3. The van der Waals surface area contributed by atoms with Crippen molar-refractivity contribution in [3.8, 4) is 11.4 Å². The minimum atomic E-state index is -4.93. The van der Waals surface area contributed by atoms with Gasteiger partial charge in [-0.3, -0.25) is 9.36 Å². The van der Waals surface area contributed by atoms with Crippen LogP contribution in [-0.2, 0) is 13.2 Å². The first kappa shape index (κ1) is 23.2. The lowest BCUT2D eigenvalue weighted by Crippen LogP contribution is -2.41. The molecule has 0 amide bonds. The number of rotatable bonds is 5. The van der Waals surface area contributed by atoms with E-state index in [1.54, 1.807) is 24.3 Å². The summed E-state index contributed by atoms with van der Waals surface area (Å²) in [7, 11) is 0.828. The van der Waals surface area contributed by atoms with Crippen LogP contribution in [0.15, 0.2) is 56.9 Å². The van der Waals surface area contributed by atoms with Crippen LogP contribution in [-0.4, -0.2) is 15.1 Å². The van der Waals surface area contributed by atoms with Crippen LogP contribution in [0.2, 0.25) is 10.0 Å². The maximum atomic E-state index is 14.5. The lowest BCUT2D eigenvalue weighted by Gasteiger charge is -2.15. The zero-order chi connectivity index (χ0) is 22.9. The minimum absolute atomic E-state index is 0.0341. The molecule has 1 heterocycles. The Kier molecular flexibility index (Phi) is 6.73. The highest BCUT2D eigenvalue weighted by atomic mass is 35.5. The van der Waals surface area contributed by atoms with Crippen molar-refractivity contribution >= 4 is 35.0 Å². The molecule has 0 bridgehead atoms. The van der Waals surface area contributed by atoms with Gasteiger partial charge in [-0.05, 0) is 30.3 Å². The highest BCUT2D eigenvalue weighted by Gasteiger charge is 2.35. The van der Waals surface area contributed by atoms with Gasteiger partial charge in [-0.25, -0.2) is 13.8 Å². The molecule has 0 spiro atoms. The quantitative estimate of drug-likeness (QED) is 0.280. The van der Waals surface area contributed by atoms with Crippen molar-refractivity contribution in [1.82, 2.24) is 9.13 Å². The molecule has 0 aliphatic heterocycles. The SMILES string of the molecule is Cn1c(C(F)(F)F)cc(=O)n(-c2cc(OCSc3ccc(Cl)cc3)c(Cl)cc2F)c1=O. The van der Waals surface area contributed by atoms with E-state index >= 15 is 0 Å². The molecule has 0 aliphatic carbocycles. The predicted octanol–water partition coefficient (Wildman–Crippen LogP) is 5.13. The average Bonchev–Trinajstić information content (AvgIpc) is 2.68. The summed E-state index contributed by atoms with van der Waals surface area (Å²) in [5, 5.41) is 0.412. The number of hydrogen-bond donors (Lipinski definition) is 0. The van der Waals surface area contributed by atoms with E-state index in [1.807, 2.05) is 0 Å². The predicted molar refractivity (Wildman–Crippen MR) is 110 cm³/mol. The Labute approximate surface area is 186 Å². The Morgan fingerprint density at radius 1 is 1.06 bits per heavy atom. The number of alkyl halides is 3. The molecule has 164 valence electrons. The van der Waals surface area contributed by atoms with Gasteiger partial charge in [0.15, 0.2) is 0 Å². The lowest BCUT2D eigenvalue weighted by atomic mass is 10.2. The number of nitrogens with zero attached hydrogens (tertiary/aromatic N) is 2. The Bertz CT molecular complexity index is 1240. The van der Waals surface area contributed by atoms with Crippen LogP contribution in [0.25, 0.3) is 5.69 Å². The second-order valence-corrected chi connectivity index (χ2v) is 7.98. The molecule has 0 atom stereocenters. The van der Waals surface area contributed by atoms with Crippen molar-refractivity contribution in [1.29, 1.82) is 0 Å². The largest absolute Gasteiger partial charge is 0.481 e. The van der Waals surface area contributed by atoms with Crippen LogP contribution < -0.4 is 16.0 Å². The molecule has 5 nitrogen and oxygen atoms in total. The summed E-state index contributed by atoms with van der Waals surface area (Å²) in [6.07, 6.45) is -4.93. The van der Waals surface area contributed by atoms with E-state index in [1.165, 1.54) is 11.8 Å². The third-order valence-corrected chi connectivity index (χ3v) is 5.50. The summed E-state index contributed by atoms with van der Waals surface area (Å²) in [4.78, 5) is 25.4. The van der Waals surface area contributed by atoms with Crippen LogP contribution in [0.3, 0.4) is 0 Å². The molecule has 0 N–H and O–H groups in total. The summed E-state index contributed by atoms with van der Waals surface area (Å²) in [6.45, 7) is 0. The topological polar surface area (TPSA) is 53.2 Å². The Balaban J connectivity index is 1.96. The third-order valence-electron chi connectivity index (χ3n) is 4.11. The van der Waals surface area contributed by atoms with E-state index < -0.39 is 34.6 Å². The van der Waals surface area contributed by atoms with Crippen LogP contribution in [0.5, 0.6) is 5.75 Å². The summed E-state index contributed by atoms with van der Waals surface area (Å²) in [5.74, 6) is -1.11. The molecule has 3 rings (SSSR count). The number of hydrogen-bond acceptors (Lipinski definition) is 4. The van der Waals surface area contributed by atoms with Gasteiger partial charge < -0.3 is 4.74 Å². The van der Waals surface area contributed by atoms with Crippen LogP contribution in [0.1, 0.15) is 5.69 Å². The van der Waals surface area contributed by atoms with Gasteiger partial charge in [-0.1, -0.05) is 35.0 Å². The maximum Gasteiger partial charge on any atom is 0.431 e. The monoisotopic (exact) mass is 494 g/mol. The van der Waals surface area contributed by atoms with E-state index in [4.69, 9.17) is 27.9 Å². The van der Waals surface area contributed by atoms with Crippen molar-refractivity contribution in [3.05, 3.63) is 84.9 Å². The molecule has 0 saturated heterocycles. The van der Waals surface area contributed by atoms with Crippen molar-refractivity contribution in [2.75, 3.05) is 5.94 Å². The molecule has 0 unspecified atom stereocenters. The van der Waals surface area contributed by atoms with Crippen LogP contribution in [0.4, 0.5) is 17.6 Å². The molecule has 0 aliphatic rings. The highest BCUT2D eigenvalue weighted by Crippen LogP contribution is 2.31. The van der Waals surface area contributed by atoms with Gasteiger partial charge in [0, 0.05) is 29.1 Å². The summed E-state index contributed by atoms with van der Waals surface area (Å²) in [6, 6.07) is 8.86. The second-order valence-electron chi connectivity index (χ2n) is 6.14. The van der Waals surface area contributed by atoms with Crippen molar-refractivity contribution in [2.45, 2.75) is 11.1 Å². The maximum absolute atomic E-state index is 14.5. The van der Waals surface area contributed by atoms with E-state index in [0.717, 1.165) is 24.1 Å². The van der Waals surface area contributed by atoms with Crippen LogP contribution in [0, 0.1) is 5.82 Å². The molecular weight excluding hydrogens is 483 g/mol. The molecule has 12 heteroatoms. The second kappa shape index (κ2) is 8.97. The van der Waals surface area contributed by atoms with Crippen molar-refractivity contribution in [2.24, 2.45) is 7.05 Å².